The molecule has 6 heteroatoms. The Morgan fingerprint density at radius 1 is 1.14 bits per heavy atom. The van der Waals surface area contributed by atoms with E-state index in [1.165, 1.54) is 32.1 Å². The molecule has 120 valence electrons. The molecule has 2 atom stereocenters. The third kappa shape index (κ3) is 2.83. The van der Waals surface area contributed by atoms with E-state index >= 15 is 0 Å². The van der Waals surface area contributed by atoms with Crippen LogP contribution in [0.5, 0.6) is 0 Å². The molecule has 4 fully saturated rings. The predicted molar refractivity (Wildman–Crippen MR) is 82.1 cm³/mol. The highest BCUT2D eigenvalue weighted by molar-refractivity contribution is 5.74. The molecule has 2 unspecified atom stereocenters. The maximum absolute atomic E-state index is 12.6. The zero-order valence-corrected chi connectivity index (χ0v) is 13.0. The number of carbonyl (C=O) groups excluding carboxylic acids is 1. The zero-order chi connectivity index (χ0) is 14.9. The van der Waals surface area contributed by atoms with E-state index in [0.717, 1.165) is 37.3 Å². The second-order valence-electron chi connectivity index (χ2n) is 7.33. The van der Waals surface area contributed by atoms with Crippen LogP contribution in [0.2, 0.25) is 0 Å². The van der Waals surface area contributed by atoms with E-state index in [9.17, 15) is 4.79 Å². The van der Waals surface area contributed by atoms with E-state index in [4.69, 9.17) is 0 Å². The minimum atomic E-state index is 0.150. The van der Waals surface area contributed by atoms with E-state index in [-0.39, 0.29) is 6.03 Å². The first kappa shape index (κ1) is 14.0. The van der Waals surface area contributed by atoms with Crippen molar-refractivity contribution in [3.63, 3.8) is 0 Å². The maximum atomic E-state index is 12.6. The van der Waals surface area contributed by atoms with E-state index in [0.29, 0.717) is 12.6 Å². The lowest BCUT2D eigenvalue weighted by molar-refractivity contribution is 0.131. The molecule has 1 aromatic heterocycles. The molecule has 2 aliphatic carbocycles. The van der Waals surface area contributed by atoms with Gasteiger partial charge >= 0.3 is 6.03 Å². The lowest BCUT2D eigenvalue weighted by Gasteiger charge is -2.38. The number of urea groups is 1. The molecule has 4 aliphatic rings. The normalized spacial score (nSPS) is 33.0. The summed E-state index contributed by atoms with van der Waals surface area (Å²) in [7, 11) is 0. The number of hydrogen-bond acceptors (Lipinski definition) is 3. The Labute approximate surface area is 131 Å². The Morgan fingerprint density at radius 3 is 2.64 bits per heavy atom. The SMILES string of the molecule is O=C(NCCCn1cncn1)N1CC2CC3CC(C2)CC1C3. The van der Waals surface area contributed by atoms with Crippen LogP contribution < -0.4 is 5.32 Å². The first-order valence-corrected chi connectivity index (χ1v) is 8.65. The summed E-state index contributed by atoms with van der Waals surface area (Å²) in [5.74, 6) is 2.51. The highest BCUT2D eigenvalue weighted by atomic mass is 16.2. The number of amides is 2. The lowest BCUT2D eigenvalue weighted by Crippen LogP contribution is -2.47. The molecule has 4 bridgehead atoms. The smallest absolute Gasteiger partial charge is 0.317 e. The van der Waals surface area contributed by atoms with Crippen LogP contribution in [-0.2, 0) is 6.54 Å². The summed E-state index contributed by atoms with van der Waals surface area (Å²) in [5, 5.41) is 7.18. The van der Waals surface area contributed by atoms with Crippen molar-refractivity contribution in [1.29, 1.82) is 0 Å². The lowest BCUT2D eigenvalue weighted by atomic mass is 9.68. The minimum Gasteiger partial charge on any atom is -0.338 e. The van der Waals surface area contributed by atoms with Crippen molar-refractivity contribution in [1.82, 2.24) is 25.0 Å². The average Bonchev–Trinajstić information content (AvgIpc) is 2.93. The van der Waals surface area contributed by atoms with Gasteiger partial charge in [-0.2, -0.15) is 5.10 Å². The van der Waals surface area contributed by atoms with Crippen LogP contribution in [-0.4, -0.2) is 44.8 Å². The number of carbonyl (C=O) groups is 1. The number of aromatic nitrogens is 3. The standard InChI is InChI=1S/C16H25N5O/c22-16(18-2-1-3-20-11-17-10-19-20)21-9-14-5-12-4-13(6-14)8-15(21)7-12/h10-15H,1-9H2,(H,18,22). The third-order valence-electron chi connectivity index (χ3n) is 5.67. The van der Waals surface area contributed by atoms with Gasteiger partial charge in [0.2, 0.25) is 0 Å². The molecule has 2 saturated heterocycles. The summed E-state index contributed by atoms with van der Waals surface area (Å²) in [4.78, 5) is 18.6. The van der Waals surface area contributed by atoms with Crippen LogP contribution in [0.4, 0.5) is 4.79 Å². The molecule has 2 aliphatic heterocycles. The number of nitrogens with zero attached hydrogens (tertiary/aromatic N) is 4. The number of aryl methyl sites for hydroxylation is 1. The fraction of sp³-hybridized carbons (Fsp3) is 0.812. The van der Waals surface area contributed by atoms with Crippen molar-refractivity contribution in [2.45, 2.75) is 51.1 Å². The second-order valence-corrected chi connectivity index (χ2v) is 7.33. The summed E-state index contributed by atoms with van der Waals surface area (Å²) in [5.41, 5.74) is 0. The molecule has 0 aromatic carbocycles. The summed E-state index contributed by atoms with van der Waals surface area (Å²) in [6.45, 7) is 2.49. The molecular formula is C16H25N5O. The largest absolute Gasteiger partial charge is 0.338 e. The van der Waals surface area contributed by atoms with E-state index in [2.05, 4.69) is 20.3 Å². The van der Waals surface area contributed by atoms with E-state index in [1.54, 1.807) is 17.3 Å². The quantitative estimate of drug-likeness (QED) is 0.864. The molecule has 6 nitrogen and oxygen atoms in total. The summed E-state index contributed by atoms with van der Waals surface area (Å²) in [6, 6.07) is 0.642. The predicted octanol–water partition coefficient (Wildman–Crippen LogP) is 1.89. The fourth-order valence-corrected chi connectivity index (χ4v) is 4.92. The number of hydrogen-bond donors (Lipinski definition) is 1. The highest BCUT2D eigenvalue weighted by Gasteiger charge is 2.43. The van der Waals surface area contributed by atoms with Gasteiger partial charge in [0, 0.05) is 25.7 Å². The van der Waals surface area contributed by atoms with Gasteiger partial charge in [0.25, 0.3) is 0 Å². The fourth-order valence-electron chi connectivity index (χ4n) is 4.92. The maximum Gasteiger partial charge on any atom is 0.317 e. The van der Waals surface area contributed by atoms with Crippen molar-refractivity contribution < 1.29 is 4.79 Å². The van der Waals surface area contributed by atoms with Crippen molar-refractivity contribution in [2.24, 2.45) is 17.8 Å². The topological polar surface area (TPSA) is 63.1 Å². The molecule has 2 amide bonds. The molecule has 1 N–H and O–H groups in total. The second kappa shape index (κ2) is 5.89. The van der Waals surface area contributed by atoms with Crippen LogP contribution in [0.1, 0.15) is 38.5 Å². The molecule has 2 saturated carbocycles. The van der Waals surface area contributed by atoms with Crippen LogP contribution in [0.25, 0.3) is 0 Å². The number of fused-ring (bicyclic) bond motifs is 1. The Morgan fingerprint density at radius 2 is 1.91 bits per heavy atom. The van der Waals surface area contributed by atoms with Crippen LogP contribution in [0.3, 0.4) is 0 Å². The third-order valence-corrected chi connectivity index (χ3v) is 5.67. The van der Waals surface area contributed by atoms with Crippen LogP contribution in [0, 0.1) is 17.8 Å². The highest BCUT2D eigenvalue weighted by Crippen LogP contribution is 2.47. The first-order valence-electron chi connectivity index (χ1n) is 8.65. The zero-order valence-electron chi connectivity index (χ0n) is 13.0. The molecule has 0 spiro atoms. The molecule has 3 heterocycles. The van der Waals surface area contributed by atoms with Gasteiger partial charge in [-0.1, -0.05) is 0 Å². The van der Waals surface area contributed by atoms with Gasteiger partial charge in [0.15, 0.2) is 0 Å². The van der Waals surface area contributed by atoms with E-state index in [1.807, 2.05) is 0 Å². The van der Waals surface area contributed by atoms with Gasteiger partial charge in [-0.25, -0.2) is 9.78 Å². The minimum absolute atomic E-state index is 0.150. The van der Waals surface area contributed by atoms with Crippen molar-refractivity contribution in [2.75, 3.05) is 13.1 Å². The number of rotatable bonds is 4. The molecule has 5 rings (SSSR count). The van der Waals surface area contributed by atoms with Crippen molar-refractivity contribution in [3.8, 4) is 0 Å². The van der Waals surface area contributed by atoms with Gasteiger partial charge < -0.3 is 10.2 Å². The monoisotopic (exact) mass is 303 g/mol. The molecule has 0 radical (unpaired) electrons. The van der Waals surface area contributed by atoms with Crippen LogP contribution in [0.15, 0.2) is 12.7 Å². The van der Waals surface area contributed by atoms with Gasteiger partial charge in [-0.3, -0.25) is 4.68 Å². The summed E-state index contributed by atoms with van der Waals surface area (Å²) >= 11 is 0. The summed E-state index contributed by atoms with van der Waals surface area (Å²) in [6.07, 6.45) is 10.7. The Bertz CT molecular complexity index is 503. The molecular weight excluding hydrogens is 278 g/mol. The number of nitrogens with one attached hydrogen (secondary N) is 1. The average molecular weight is 303 g/mol. The van der Waals surface area contributed by atoms with Crippen LogP contribution >= 0.6 is 0 Å². The van der Waals surface area contributed by atoms with Gasteiger partial charge in [-0.05, 0) is 56.3 Å². The van der Waals surface area contributed by atoms with Gasteiger partial charge in [-0.15, -0.1) is 0 Å². The molecule has 1 aromatic rings. The van der Waals surface area contributed by atoms with Gasteiger partial charge in [0.05, 0.1) is 0 Å². The Balaban J connectivity index is 1.29. The Hall–Kier alpha value is -1.59. The molecule has 22 heavy (non-hydrogen) atoms. The van der Waals surface area contributed by atoms with E-state index < -0.39 is 0 Å². The first-order chi connectivity index (χ1) is 10.8. The van der Waals surface area contributed by atoms with Crippen molar-refractivity contribution >= 4 is 6.03 Å². The van der Waals surface area contributed by atoms with Gasteiger partial charge in [0.1, 0.15) is 12.7 Å². The summed E-state index contributed by atoms with van der Waals surface area (Å²) < 4.78 is 1.80. The Kier molecular flexibility index (Phi) is 3.76. The van der Waals surface area contributed by atoms with Crippen molar-refractivity contribution in [3.05, 3.63) is 12.7 Å².